The third-order valence-electron chi connectivity index (χ3n) is 5.07. The maximum atomic E-state index is 13.6. The fraction of sp³-hybridized carbons (Fsp3) is 0.217. The van der Waals surface area contributed by atoms with E-state index in [2.05, 4.69) is 0 Å². The number of benzene rings is 2. The van der Waals surface area contributed by atoms with E-state index < -0.39 is 9.90 Å². The summed E-state index contributed by atoms with van der Waals surface area (Å²) < 4.78 is 3.86. The van der Waals surface area contributed by atoms with Gasteiger partial charge in [-0.1, -0.05) is 83.0 Å². The van der Waals surface area contributed by atoms with Crippen LogP contribution in [0.1, 0.15) is 29.3 Å². The van der Waals surface area contributed by atoms with Crippen LogP contribution in [0.15, 0.2) is 76.4 Å². The quantitative estimate of drug-likeness (QED) is 0.158. The van der Waals surface area contributed by atoms with Crippen molar-refractivity contribution in [2.75, 3.05) is 11.4 Å². The van der Waals surface area contributed by atoms with E-state index >= 15 is 0 Å². The number of carbonyl (C=O) groups excluding carboxylic acids is 2. The van der Waals surface area contributed by atoms with Gasteiger partial charge in [0.2, 0.25) is 9.58 Å². The van der Waals surface area contributed by atoms with Gasteiger partial charge in [-0.05, 0) is 25.1 Å². The van der Waals surface area contributed by atoms with Crippen LogP contribution in [0.4, 0.5) is 5.69 Å². The summed E-state index contributed by atoms with van der Waals surface area (Å²) in [6.07, 6.45) is 2.99. The highest BCUT2D eigenvalue weighted by molar-refractivity contribution is 8.03. The molecule has 0 saturated carbocycles. The number of fused-ring (bicyclic) bond motifs is 1. The second-order valence-corrected chi connectivity index (χ2v) is 10.3. The van der Waals surface area contributed by atoms with E-state index in [1.54, 1.807) is 30.3 Å². The second-order valence-electron chi connectivity index (χ2n) is 6.99. The molecule has 8 heteroatoms. The van der Waals surface area contributed by atoms with E-state index in [9.17, 15) is 9.59 Å². The van der Waals surface area contributed by atoms with Crippen molar-refractivity contribution >= 4 is 63.8 Å². The first-order valence-corrected chi connectivity index (χ1v) is 11.6. The molecule has 2 aliphatic rings. The monoisotopic (exact) mass is 493 g/mol. The molecule has 2 aromatic carbocycles. The van der Waals surface area contributed by atoms with Crippen LogP contribution in [0.5, 0.6) is 0 Å². The van der Waals surface area contributed by atoms with Crippen LogP contribution >= 0.6 is 46.6 Å². The van der Waals surface area contributed by atoms with Gasteiger partial charge in [-0.25, -0.2) is 0 Å². The van der Waals surface area contributed by atoms with E-state index in [1.165, 1.54) is 18.0 Å². The molecule has 1 unspecified atom stereocenters. The van der Waals surface area contributed by atoms with Crippen LogP contribution < -0.4 is 4.90 Å². The lowest BCUT2D eigenvalue weighted by Gasteiger charge is -2.22. The first-order chi connectivity index (χ1) is 14.8. The van der Waals surface area contributed by atoms with Gasteiger partial charge in [0.15, 0.2) is 11.9 Å². The van der Waals surface area contributed by atoms with Gasteiger partial charge >= 0.3 is 0 Å². The Hall–Kier alpha value is -1.92. The Bertz CT molecular complexity index is 1080. The standard InChI is InChI=1S/C23H18Cl3NO3S/c1-2-27-16-6-3-4-8-18(16)31-22(27)19(21(29)17-7-5-13-30-17)20(28)14-9-11-15(12-10-14)23(24,25)26/h3-6,8-13,17H,2,7H2,1H3/b22-19+. The van der Waals surface area contributed by atoms with Gasteiger partial charge in [0.25, 0.3) is 0 Å². The Morgan fingerprint density at radius 2 is 1.84 bits per heavy atom. The Kier molecular flexibility index (Phi) is 6.40. The van der Waals surface area contributed by atoms with Crippen LogP contribution in [-0.4, -0.2) is 24.2 Å². The molecular weight excluding hydrogens is 477 g/mol. The maximum Gasteiger partial charge on any atom is 0.216 e. The Labute approximate surface area is 199 Å². The Balaban J connectivity index is 1.79. The number of ether oxygens (including phenoxy) is 1. The zero-order valence-electron chi connectivity index (χ0n) is 16.5. The SMILES string of the molecule is CCN1/C(=C(/C(=O)c2ccc(C(Cl)(Cl)Cl)cc2)C(=O)C2CC=CO2)Sc2ccccc21. The largest absolute Gasteiger partial charge is 0.490 e. The molecule has 0 spiro atoms. The summed E-state index contributed by atoms with van der Waals surface area (Å²) >= 11 is 19.2. The van der Waals surface area contributed by atoms with Crippen molar-refractivity contribution < 1.29 is 14.3 Å². The Morgan fingerprint density at radius 3 is 2.45 bits per heavy atom. The third-order valence-corrected chi connectivity index (χ3v) is 6.91. The molecule has 0 amide bonds. The fourth-order valence-corrected chi connectivity index (χ4v) is 5.17. The zero-order chi connectivity index (χ0) is 22.2. The molecule has 0 fully saturated rings. The number of anilines is 1. The maximum absolute atomic E-state index is 13.6. The fourth-order valence-electron chi connectivity index (χ4n) is 3.52. The number of para-hydroxylation sites is 1. The minimum atomic E-state index is -1.59. The van der Waals surface area contributed by atoms with E-state index in [1.807, 2.05) is 36.1 Å². The molecule has 0 bridgehead atoms. The van der Waals surface area contributed by atoms with Crippen molar-refractivity contribution in [3.05, 3.63) is 82.6 Å². The first-order valence-electron chi connectivity index (χ1n) is 9.66. The molecular formula is C23H18Cl3NO3S. The highest BCUT2D eigenvalue weighted by Crippen LogP contribution is 2.47. The lowest BCUT2D eigenvalue weighted by Crippen LogP contribution is -2.30. The van der Waals surface area contributed by atoms with E-state index in [-0.39, 0.29) is 17.1 Å². The summed E-state index contributed by atoms with van der Waals surface area (Å²) in [5.74, 6) is -0.723. The van der Waals surface area contributed by atoms with Crippen LogP contribution in [-0.2, 0) is 13.3 Å². The van der Waals surface area contributed by atoms with Gasteiger partial charge in [-0.3, -0.25) is 9.59 Å². The predicted molar refractivity (Wildman–Crippen MR) is 126 cm³/mol. The highest BCUT2D eigenvalue weighted by Gasteiger charge is 2.37. The first kappa shape index (κ1) is 22.3. The number of Topliss-reactive ketones (excluding diaryl/α,β-unsaturated/α-hetero) is 2. The average molecular weight is 495 g/mol. The molecule has 2 heterocycles. The highest BCUT2D eigenvalue weighted by atomic mass is 35.6. The van der Waals surface area contributed by atoms with Crippen molar-refractivity contribution in [1.82, 2.24) is 0 Å². The number of hydrogen-bond acceptors (Lipinski definition) is 5. The lowest BCUT2D eigenvalue weighted by atomic mass is 9.96. The number of hydrogen-bond donors (Lipinski definition) is 0. The smallest absolute Gasteiger partial charge is 0.216 e. The molecule has 2 aliphatic heterocycles. The minimum Gasteiger partial charge on any atom is -0.490 e. The number of carbonyl (C=O) groups is 2. The number of ketones is 2. The Morgan fingerprint density at radius 1 is 1.13 bits per heavy atom. The molecule has 0 saturated heterocycles. The van der Waals surface area contributed by atoms with E-state index in [4.69, 9.17) is 39.5 Å². The summed E-state index contributed by atoms with van der Waals surface area (Å²) in [5.41, 5.74) is 1.86. The molecule has 160 valence electrons. The van der Waals surface area contributed by atoms with Crippen LogP contribution in [0.25, 0.3) is 0 Å². The number of halogens is 3. The molecule has 2 aromatic rings. The summed E-state index contributed by atoms with van der Waals surface area (Å²) in [4.78, 5) is 30.0. The summed E-state index contributed by atoms with van der Waals surface area (Å²) in [5, 5.41) is 0.611. The number of nitrogens with zero attached hydrogens (tertiary/aromatic N) is 1. The van der Waals surface area contributed by atoms with Crippen LogP contribution in [0.2, 0.25) is 0 Å². The molecule has 0 aromatic heterocycles. The molecule has 0 N–H and O–H groups in total. The molecule has 1 atom stereocenters. The van der Waals surface area contributed by atoms with E-state index in [0.29, 0.717) is 29.1 Å². The second kappa shape index (κ2) is 8.91. The van der Waals surface area contributed by atoms with Crippen molar-refractivity contribution in [1.29, 1.82) is 0 Å². The number of alkyl halides is 3. The van der Waals surface area contributed by atoms with Gasteiger partial charge in [-0.2, -0.15) is 0 Å². The lowest BCUT2D eigenvalue weighted by molar-refractivity contribution is -0.122. The van der Waals surface area contributed by atoms with Gasteiger partial charge in [0.05, 0.1) is 17.0 Å². The van der Waals surface area contributed by atoms with Crippen molar-refractivity contribution in [3.63, 3.8) is 0 Å². The van der Waals surface area contributed by atoms with Gasteiger partial charge in [0, 0.05) is 29.0 Å². The molecule has 4 rings (SSSR count). The van der Waals surface area contributed by atoms with Gasteiger partial charge < -0.3 is 9.64 Å². The molecule has 31 heavy (non-hydrogen) atoms. The summed E-state index contributed by atoms with van der Waals surface area (Å²) in [6, 6.07) is 14.1. The van der Waals surface area contributed by atoms with E-state index in [0.717, 1.165) is 10.6 Å². The zero-order valence-corrected chi connectivity index (χ0v) is 19.6. The number of thioether (sulfide) groups is 1. The topological polar surface area (TPSA) is 46.6 Å². The summed E-state index contributed by atoms with van der Waals surface area (Å²) in [6.45, 7) is 2.60. The minimum absolute atomic E-state index is 0.110. The van der Waals surface area contributed by atoms with Gasteiger partial charge in [-0.15, -0.1) is 0 Å². The van der Waals surface area contributed by atoms with Crippen molar-refractivity contribution in [3.8, 4) is 0 Å². The predicted octanol–water partition coefficient (Wildman–Crippen LogP) is 6.41. The van der Waals surface area contributed by atoms with Crippen LogP contribution in [0.3, 0.4) is 0 Å². The molecule has 0 aliphatic carbocycles. The third kappa shape index (κ3) is 4.37. The normalized spacial score (nSPS) is 19.2. The molecule has 0 radical (unpaired) electrons. The van der Waals surface area contributed by atoms with Gasteiger partial charge in [0.1, 0.15) is 5.57 Å². The summed E-state index contributed by atoms with van der Waals surface area (Å²) in [7, 11) is 0. The van der Waals surface area contributed by atoms with Crippen molar-refractivity contribution in [2.45, 2.75) is 28.1 Å². The average Bonchev–Trinajstić information content (AvgIpc) is 3.41. The van der Waals surface area contributed by atoms with Crippen molar-refractivity contribution in [2.24, 2.45) is 0 Å². The van der Waals surface area contributed by atoms with Crippen LogP contribution in [0, 0.1) is 0 Å². The molecule has 4 nitrogen and oxygen atoms in total. The number of rotatable bonds is 5.